The highest BCUT2D eigenvalue weighted by Crippen LogP contribution is 2.31. The van der Waals surface area contributed by atoms with E-state index in [1.54, 1.807) is 0 Å². The predicted molar refractivity (Wildman–Crippen MR) is 85.4 cm³/mol. The molecule has 1 heterocycles. The highest BCUT2D eigenvalue weighted by Gasteiger charge is 2.10. The molecule has 1 aromatic heterocycles. The van der Waals surface area contributed by atoms with E-state index in [0.717, 1.165) is 28.3 Å². The number of hydrogen-bond acceptors (Lipinski definition) is 2. The number of nitrogens with one attached hydrogen (secondary N) is 1. The first-order chi connectivity index (χ1) is 10.3. The molecule has 21 heavy (non-hydrogen) atoms. The van der Waals surface area contributed by atoms with E-state index in [4.69, 9.17) is 4.74 Å². The number of nitrogens with zero attached hydrogens (tertiary/aromatic N) is 1. The lowest BCUT2D eigenvalue weighted by atomic mass is 10.1. The van der Waals surface area contributed by atoms with E-state index in [9.17, 15) is 0 Å². The van der Waals surface area contributed by atoms with Gasteiger partial charge in [-0.3, -0.25) is 5.10 Å². The first kappa shape index (κ1) is 13.4. The Kier molecular flexibility index (Phi) is 3.73. The summed E-state index contributed by atoms with van der Waals surface area (Å²) in [7, 11) is 0. The second-order valence-electron chi connectivity index (χ2n) is 4.97. The van der Waals surface area contributed by atoms with Gasteiger partial charge in [-0.05, 0) is 37.6 Å². The van der Waals surface area contributed by atoms with Gasteiger partial charge in [0.05, 0.1) is 18.0 Å². The molecule has 0 radical (unpaired) electrons. The van der Waals surface area contributed by atoms with E-state index in [1.807, 2.05) is 25.1 Å². The Morgan fingerprint density at radius 2 is 1.86 bits per heavy atom. The van der Waals surface area contributed by atoms with Gasteiger partial charge in [-0.1, -0.05) is 36.4 Å². The molecule has 1 N–H and O–H groups in total. The molecule has 0 bridgehead atoms. The van der Waals surface area contributed by atoms with E-state index < -0.39 is 0 Å². The smallest absolute Gasteiger partial charge is 0.128 e. The monoisotopic (exact) mass is 278 g/mol. The molecular weight excluding hydrogens is 260 g/mol. The van der Waals surface area contributed by atoms with E-state index in [1.165, 1.54) is 5.56 Å². The number of aromatic nitrogens is 2. The molecular formula is C18H18N2O. The molecule has 0 aliphatic rings. The molecule has 3 rings (SSSR count). The zero-order valence-corrected chi connectivity index (χ0v) is 12.3. The highest BCUT2D eigenvalue weighted by molar-refractivity contribution is 5.72. The minimum atomic E-state index is 0.649. The van der Waals surface area contributed by atoms with Crippen LogP contribution in [0.4, 0.5) is 0 Å². The van der Waals surface area contributed by atoms with Gasteiger partial charge in [-0.15, -0.1) is 0 Å². The van der Waals surface area contributed by atoms with Crippen LogP contribution in [-0.2, 0) is 0 Å². The second-order valence-corrected chi connectivity index (χ2v) is 4.97. The Hall–Kier alpha value is -2.55. The van der Waals surface area contributed by atoms with Gasteiger partial charge in [0.1, 0.15) is 5.75 Å². The second kappa shape index (κ2) is 5.83. The van der Waals surface area contributed by atoms with E-state index in [0.29, 0.717) is 6.61 Å². The lowest BCUT2D eigenvalue weighted by Crippen LogP contribution is -1.94. The summed E-state index contributed by atoms with van der Waals surface area (Å²) in [4.78, 5) is 0. The summed E-state index contributed by atoms with van der Waals surface area (Å²) in [6, 6.07) is 18.4. The average molecular weight is 278 g/mol. The quantitative estimate of drug-likeness (QED) is 0.765. The van der Waals surface area contributed by atoms with Crippen LogP contribution in [0.25, 0.3) is 22.5 Å². The van der Waals surface area contributed by atoms with Crippen LogP contribution in [0.5, 0.6) is 5.75 Å². The average Bonchev–Trinajstić information content (AvgIpc) is 2.98. The first-order valence-electron chi connectivity index (χ1n) is 7.12. The number of H-pyrrole nitrogens is 1. The van der Waals surface area contributed by atoms with Crippen molar-refractivity contribution in [1.82, 2.24) is 10.2 Å². The maximum absolute atomic E-state index is 5.74. The Labute approximate surface area is 124 Å². The van der Waals surface area contributed by atoms with E-state index in [-0.39, 0.29) is 0 Å². The summed E-state index contributed by atoms with van der Waals surface area (Å²) in [5, 5.41) is 7.51. The van der Waals surface area contributed by atoms with Crippen molar-refractivity contribution in [3.05, 3.63) is 60.2 Å². The third kappa shape index (κ3) is 2.82. The van der Waals surface area contributed by atoms with Crippen molar-refractivity contribution in [2.45, 2.75) is 13.8 Å². The first-order valence-corrected chi connectivity index (χ1v) is 7.12. The van der Waals surface area contributed by atoms with Gasteiger partial charge in [0.15, 0.2) is 0 Å². The van der Waals surface area contributed by atoms with E-state index in [2.05, 4.69) is 53.5 Å². The lowest BCUT2D eigenvalue weighted by molar-refractivity contribution is 0.341. The standard InChI is InChI=1S/C18H18N2O/c1-3-21-18-11-13(2)9-10-15(18)17-12-16(19-20-17)14-7-5-4-6-8-14/h4-12H,3H2,1-2H3,(H,19,20). The fraction of sp³-hybridized carbons (Fsp3) is 0.167. The van der Waals surface area contributed by atoms with Crippen molar-refractivity contribution in [2.24, 2.45) is 0 Å². The van der Waals surface area contributed by atoms with Crippen LogP contribution in [-0.4, -0.2) is 16.8 Å². The summed E-state index contributed by atoms with van der Waals surface area (Å²) in [6.45, 7) is 4.71. The van der Waals surface area contributed by atoms with Crippen molar-refractivity contribution in [1.29, 1.82) is 0 Å². The van der Waals surface area contributed by atoms with E-state index >= 15 is 0 Å². The molecule has 0 aliphatic carbocycles. The molecule has 3 aromatic rings. The molecule has 0 saturated carbocycles. The summed E-state index contributed by atoms with van der Waals surface area (Å²) in [5.74, 6) is 0.890. The van der Waals surface area contributed by atoms with Crippen molar-refractivity contribution in [3.8, 4) is 28.3 Å². The molecule has 0 fully saturated rings. The Morgan fingerprint density at radius 1 is 1.05 bits per heavy atom. The third-order valence-corrected chi connectivity index (χ3v) is 3.37. The molecule has 3 nitrogen and oxygen atoms in total. The Balaban J connectivity index is 2.00. The maximum Gasteiger partial charge on any atom is 0.128 e. The normalized spacial score (nSPS) is 10.6. The summed E-state index contributed by atoms with van der Waals surface area (Å²) in [5.41, 5.74) is 5.23. The Morgan fingerprint density at radius 3 is 2.62 bits per heavy atom. The van der Waals surface area contributed by atoms with Crippen molar-refractivity contribution >= 4 is 0 Å². The Bertz CT molecular complexity index is 732. The van der Waals surface area contributed by atoms with Gasteiger partial charge >= 0.3 is 0 Å². The van der Waals surface area contributed by atoms with Gasteiger partial charge in [0.2, 0.25) is 0 Å². The minimum Gasteiger partial charge on any atom is -0.493 e. The fourth-order valence-corrected chi connectivity index (χ4v) is 2.34. The van der Waals surface area contributed by atoms with Crippen LogP contribution in [0.1, 0.15) is 12.5 Å². The minimum absolute atomic E-state index is 0.649. The predicted octanol–water partition coefficient (Wildman–Crippen LogP) is 4.45. The van der Waals surface area contributed by atoms with Gasteiger partial charge in [-0.25, -0.2) is 0 Å². The molecule has 0 aliphatic heterocycles. The van der Waals surface area contributed by atoms with Crippen LogP contribution in [0.15, 0.2) is 54.6 Å². The summed E-state index contributed by atoms with van der Waals surface area (Å²) in [6.07, 6.45) is 0. The highest BCUT2D eigenvalue weighted by atomic mass is 16.5. The zero-order valence-electron chi connectivity index (χ0n) is 12.3. The number of aryl methyl sites for hydroxylation is 1. The molecule has 0 spiro atoms. The number of benzene rings is 2. The lowest BCUT2D eigenvalue weighted by Gasteiger charge is -2.09. The van der Waals surface area contributed by atoms with Crippen LogP contribution >= 0.6 is 0 Å². The van der Waals surface area contributed by atoms with Crippen molar-refractivity contribution in [2.75, 3.05) is 6.61 Å². The molecule has 2 aromatic carbocycles. The summed E-state index contributed by atoms with van der Waals surface area (Å²) >= 11 is 0. The maximum atomic E-state index is 5.74. The fourth-order valence-electron chi connectivity index (χ4n) is 2.34. The zero-order chi connectivity index (χ0) is 14.7. The molecule has 0 saturated heterocycles. The number of ether oxygens (including phenoxy) is 1. The molecule has 3 heteroatoms. The molecule has 0 unspecified atom stereocenters. The third-order valence-electron chi connectivity index (χ3n) is 3.37. The van der Waals surface area contributed by atoms with Gasteiger partial charge in [0, 0.05) is 11.1 Å². The van der Waals surface area contributed by atoms with Crippen molar-refractivity contribution in [3.63, 3.8) is 0 Å². The van der Waals surface area contributed by atoms with Crippen molar-refractivity contribution < 1.29 is 4.74 Å². The van der Waals surface area contributed by atoms with Gasteiger partial charge < -0.3 is 4.74 Å². The van der Waals surface area contributed by atoms with Crippen LogP contribution in [0, 0.1) is 6.92 Å². The largest absolute Gasteiger partial charge is 0.493 e. The number of aromatic amines is 1. The van der Waals surface area contributed by atoms with Gasteiger partial charge in [0.25, 0.3) is 0 Å². The number of rotatable bonds is 4. The van der Waals surface area contributed by atoms with Crippen LogP contribution < -0.4 is 4.74 Å². The van der Waals surface area contributed by atoms with Gasteiger partial charge in [-0.2, -0.15) is 5.10 Å². The topological polar surface area (TPSA) is 37.9 Å². The molecule has 106 valence electrons. The summed E-state index contributed by atoms with van der Waals surface area (Å²) < 4.78 is 5.74. The van der Waals surface area contributed by atoms with Crippen LogP contribution in [0.2, 0.25) is 0 Å². The molecule has 0 amide bonds. The molecule has 0 atom stereocenters. The number of hydrogen-bond donors (Lipinski definition) is 1. The van der Waals surface area contributed by atoms with Crippen LogP contribution in [0.3, 0.4) is 0 Å². The SMILES string of the molecule is CCOc1cc(C)ccc1-c1cc(-c2ccccc2)n[nH]1.